The molecule has 3 aromatic rings. The topological polar surface area (TPSA) is 66.1 Å². The summed E-state index contributed by atoms with van der Waals surface area (Å²) in [6.45, 7) is 4.76. The summed E-state index contributed by atoms with van der Waals surface area (Å²) in [6, 6.07) is 6.76. The number of benzene rings is 1. The van der Waals surface area contributed by atoms with Crippen LogP contribution in [0.3, 0.4) is 0 Å². The Hall–Kier alpha value is -2.25. The predicted molar refractivity (Wildman–Crippen MR) is 99.0 cm³/mol. The first-order valence-electron chi connectivity index (χ1n) is 8.63. The van der Waals surface area contributed by atoms with Gasteiger partial charge in [-0.3, -0.25) is 4.98 Å². The average molecular weight is 373 g/mol. The molecule has 4 rings (SSSR count). The minimum atomic E-state index is -3.65. The molecule has 0 aliphatic carbocycles. The first kappa shape index (κ1) is 17.2. The number of pyridine rings is 1. The summed E-state index contributed by atoms with van der Waals surface area (Å²) in [7, 11) is -3.65. The van der Waals surface area contributed by atoms with E-state index in [0.29, 0.717) is 24.2 Å². The quantitative estimate of drug-likeness (QED) is 0.760. The largest absolute Gasteiger partial charge is 0.342 e. The van der Waals surface area contributed by atoms with Crippen molar-refractivity contribution in [2.24, 2.45) is 0 Å². The van der Waals surface area contributed by atoms with Gasteiger partial charge in [-0.05, 0) is 56.0 Å². The number of aromatic nitrogens is 2. The lowest BCUT2D eigenvalue weighted by Crippen LogP contribution is -2.28. The van der Waals surface area contributed by atoms with Gasteiger partial charge < -0.3 is 4.98 Å². The van der Waals surface area contributed by atoms with Crippen molar-refractivity contribution in [2.75, 3.05) is 13.1 Å². The van der Waals surface area contributed by atoms with Crippen LogP contribution >= 0.6 is 0 Å². The summed E-state index contributed by atoms with van der Waals surface area (Å²) in [5.41, 5.74) is 3.39. The maximum Gasteiger partial charge on any atom is 0.258 e. The normalized spacial score (nSPS) is 15.8. The third kappa shape index (κ3) is 2.71. The highest BCUT2D eigenvalue weighted by Crippen LogP contribution is 2.35. The van der Waals surface area contributed by atoms with E-state index in [1.807, 2.05) is 19.1 Å². The van der Waals surface area contributed by atoms with Gasteiger partial charge in [0.15, 0.2) is 0 Å². The van der Waals surface area contributed by atoms with E-state index in [1.54, 1.807) is 13.1 Å². The van der Waals surface area contributed by atoms with Crippen molar-refractivity contribution >= 4 is 20.9 Å². The number of aromatic amines is 1. The lowest BCUT2D eigenvalue weighted by molar-refractivity contribution is 0.475. The fraction of sp³-hybridized carbons (Fsp3) is 0.316. The molecule has 1 aliphatic rings. The molecule has 2 aromatic heterocycles. The molecule has 1 N–H and O–H groups in total. The van der Waals surface area contributed by atoms with Crippen molar-refractivity contribution in [1.29, 1.82) is 0 Å². The van der Waals surface area contributed by atoms with Crippen LogP contribution in [0.1, 0.15) is 24.0 Å². The summed E-state index contributed by atoms with van der Waals surface area (Å²) >= 11 is 0. The Kier molecular flexibility index (Phi) is 4.08. The molecule has 0 amide bonds. The zero-order chi connectivity index (χ0) is 18.5. The second kappa shape index (κ2) is 6.17. The number of hydrogen-bond donors (Lipinski definition) is 1. The zero-order valence-electron chi connectivity index (χ0n) is 14.7. The molecule has 26 heavy (non-hydrogen) atoms. The van der Waals surface area contributed by atoms with Crippen molar-refractivity contribution in [3.63, 3.8) is 0 Å². The number of hydrogen-bond acceptors (Lipinski definition) is 3. The van der Waals surface area contributed by atoms with E-state index in [2.05, 4.69) is 9.97 Å². The Morgan fingerprint density at radius 1 is 1.15 bits per heavy atom. The van der Waals surface area contributed by atoms with Crippen LogP contribution in [0.5, 0.6) is 0 Å². The lowest BCUT2D eigenvalue weighted by atomic mass is 10.00. The number of H-pyrrole nitrogens is 1. The standard InChI is InChI=1S/C19H20FN3O2S/c1-12-5-6-16(21-11-12)18-13(2)9-15(20)19-14(18)10-17(22-19)26(24,25)23-7-3-4-8-23/h5-6,9-11,22H,3-4,7-8H2,1-2H3. The molecule has 0 radical (unpaired) electrons. The Labute approximate surface area is 151 Å². The van der Waals surface area contributed by atoms with Gasteiger partial charge in [0.1, 0.15) is 10.8 Å². The van der Waals surface area contributed by atoms with Crippen LogP contribution in [0.15, 0.2) is 35.5 Å². The van der Waals surface area contributed by atoms with Crippen molar-refractivity contribution < 1.29 is 12.8 Å². The van der Waals surface area contributed by atoms with Gasteiger partial charge in [0.05, 0.1) is 11.2 Å². The molecule has 0 unspecified atom stereocenters. The number of nitrogens with zero attached hydrogens (tertiary/aromatic N) is 2. The highest BCUT2D eigenvalue weighted by molar-refractivity contribution is 7.89. The predicted octanol–water partition coefficient (Wildman–Crippen LogP) is 3.77. The lowest BCUT2D eigenvalue weighted by Gasteiger charge is -2.13. The Morgan fingerprint density at radius 3 is 2.54 bits per heavy atom. The van der Waals surface area contributed by atoms with Crippen LogP contribution in [-0.4, -0.2) is 35.8 Å². The van der Waals surface area contributed by atoms with Crippen LogP contribution < -0.4 is 0 Å². The molecule has 0 spiro atoms. The maximum absolute atomic E-state index is 14.5. The molecule has 0 saturated carbocycles. The molecule has 1 aliphatic heterocycles. The number of halogens is 1. The third-order valence-electron chi connectivity index (χ3n) is 4.89. The minimum Gasteiger partial charge on any atom is -0.342 e. The van der Waals surface area contributed by atoms with Crippen molar-refractivity contribution in [3.8, 4) is 11.3 Å². The highest BCUT2D eigenvalue weighted by Gasteiger charge is 2.29. The molecule has 136 valence electrons. The molecule has 1 aromatic carbocycles. The van der Waals surface area contributed by atoms with E-state index in [1.165, 1.54) is 16.4 Å². The van der Waals surface area contributed by atoms with Crippen LogP contribution in [0, 0.1) is 19.7 Å². The molecule has 5 nitrogen and oxygen atoms in total. The Bertz CT molecular complexity index is 1080. The van der Waals surface area contributed by atoms with Crippen LogP contribution in [-0.2, 0) is 10.0 Å². The Morgan fingerprint density at radius 2 is 1.88 bits per heavy atom. The van der Waals surface area contributed by atoms with Crippen LogP contribution in [0.25, 0.3) is 22.2 Å². The molecular weight excluding hydrogens is 353 g/mol. The maximum atomic E-state index is 14.5. The van der Waals surface area contributed by atoms with E-state index in [9.17, 15) is 12.8 Å². The monoisotopic (exact) mass is 373 g/mol. The van der Waals surface area contributed by atoms with Crippen LogP contribution in [0.2, 0.25) is 0 Å². The molecule has 1 fully saturated rings. The van der Waals surface area contributed by atoms with E-state index in [0.717, 1.165) is 29.5 Å². The Balaban J connectivity index is 1.94. The van der Waals surface area contributed by atoms with E-state index in [4.69, 9.17) is 0 Å². The minimum absolute atomic E-state index is 0.0345. The summed E-state index contributed by atoms with van der Waals surface area (Å²) in [4.78, 5) is 7.24. The van der Waals surface area contributed by atoms with Gasteiger partial charge >= 0.3 is 0 Å². The molecule has 3 heterocycles. The average Bonchev–Trinajstić information content (AvgIpc) is 3.26. The second-order valence-electron chi connectivity index (χ2n) is 6.80. The summed E-state index contributed by atoms with van der Waals surface area (Å²) in [5, 5.41) is 0.573. The van der Waals surface area contributed by atoms with Gasteiger partial charge in [0, 0.05) is 30.2 Å². The molecule has 7 heteroatoms. The van der Waals surface area contributed by atoms with Crippen molar-refractivity contribution in [1.82, 2.24) is 14.3 Å². The van der Waals surface area contributed by atoms with Gasteiger partial charge in [0.2, 0.25) is 0 Å². The highest BCUT2D eigenvalue weighted by atomic mass is 32.2. The van der Waals surface area contributed by atoms with Crippen molar-refractivity contribution in [3.05, 3.63) is 47.4 Å². The first-order valence-corrected chi connectivity index (χ1v) is 10.1. The van der Waals surface area contributed by atoms with Gasteiger partial charge in [-0.15, -0.1) is 0 Å². The number of sulfonamides is 1. The van der Waals surface area contributed by atoms with E-state index < -0.39 is 15.8 Å². The summed E-state index contributed by atoms with van der Waals surface area (Å²) < 4.78 is 41.7. The number of rotatable bonds is 3. The zero-order valence-corrected chi connectivity index (χ0v) is 15.5. The van der Waals surface area contributed by atoms with Gasteiger partial charge in [0.25, 0.3) is 10.0 Å². The van der Waals surface area contributed by atoms with Crippen LogP contribution in [0.4, 0.5) is 4.39 Å². The van der Waals surface area contributed by atoms with Gasteiger partial charge in [-0.1, -0.05) is 6.07 Å². The number of aryl methyl sites for hydroxylation is 2. The third-order valence-corrected chi connectivity index (χ3v) is 6.71. The van der Waals surface area contributed by atoms with Gasteiger partial charge in [-0.2, -0.15) is 4.31 Å². The van der Waals surface area contributed by atoms with E-state index >= 15 is 0 Å². The number of nitrogens with one attached hydrogen (secondary N) is 1. The van der Waals surface area contributed by atoms with Crippen molar-refractivity contribution in [2.45, 2.75) is 31.7 Å². The van der Waals surface area contributed by atoms with E-state index in [-0.39, 0.29) is 10.5 Å². The smallest absolute Gasteiger partial charge is 0.258 e. The molecule has 0 bridgehead atoms. The summed E-state index contributed by atoms with van der Waals surface area (Å²) in [5.74, 6) is -0.462. The summed E-state index contributed by atoms with van der Waals surface area (Å²) in [6.07, 6.45) is 3.45. The fourth-order valence-corrected chi connectivity index (χ4v) is 5.04. The molecular formula is C19H20FN3O2S. The second-order valence-corrected chi connectivity index (χ2v) is 8.71. The first-order chi connectivity index (χ1) is 12.4. The number of fused-ring (bicyclic) bond motifs is 1. The fourth-order valence-electron chi connectivity index (χ4n) is 3.52. The molecule has 0 atom stereocenters. The SMILES string of the molecule is Cc1ccc(-c2c(C)cc(F)c3[nH]c(S(=O)(=O)N4CCCC4)cc23)nc1. The van der Waals surface area contributed by atoms with Gasteiger partial charge in [-0.25, -0.2) is 12.8 Å². The molecule has 1 saturated heterocycles.